The van der Waals surface area contributed by atoms with E-state index in [-0.39, 0.29) is 18.4 Å². The van der Waals surface area contributed by atoms with Crippen LogP contribution in [0.5, 0.6) is 0 Å². The molecule has 1 saturated heterocycles. The highest BCUT2D eigenvalue weighted by atomic mass is 19.4. The van der Waals surface area contributed by atoms with Crippen molar-refractivity contribution >= 4 is 5.97 Å². The first-order chi connectivity index (χ1) is 13.6. The second kappa shape index (κ2) is 8.57. The molecule has 29 heavy (non-hydrogen) atoms. The molecule has 0 radical (unpaired) electrons. The lowest BCUT2D eigenvalue weighted by Crippen LogP contribution is -2.37. The minimum Gasteiger partial charge on any atom is -0.481 e. The van der Waals surface area contributed by atoms with Gasteiger partial charge in [-0.3, -0.25) is 9.69 Å². The Bertz CT molecular complexity index is 841. The summed E-state index contributed by atoms with van der Waals surface area (Å²) >= 11 is 0. The number of halogens is 3. The zero-order valence-corrected chi connectivity index (χ0v) is 16.7. The lowest BCUT2D eigenvalue weighted by Gasteiger charge is -2.40. The molecule has 2 atom stereocenters. The molecule has 2 aromatic carbocycles. The van der Waals surface area contributed by atoms with Crippen LogP contribution in [0.15, 0.2) is 42.5 Å². The van der Waals surface area contributed by atoms with Crippen LogP contribution in [0.2, 0.25) is 0 Å². The fraction of sp³-hybridized carbons (Fsp3) is 0.435. The van der Waals surface area contributed by atoms with E-state index in [9.17, 15) is 23.1 Å². The minimum atomic E-state index is -4.37. The Morgan fingerprint density at radius 1 is 1.10 bits per heavy atom. The molecule has 0 amide bonds. The van der Waals surface area contributed by atoms with Gasteiger partial charge in [0.15, 0.2) is 0 Å². The van der Waals surface area contributed by atoms with Gasteiger partial charge in [-0.2, -0.15) is 13.2 Å². The third kappa shape index (κ3) is 5.60. The van der Waals surface area contributed by atoms with E-state index in [0.29, 0.717) is 13.0 Å². The molecule has 2 aromatic rings. The fourth-order valence-electron chi connectivity index (χ4n) is 4.34. The number of piperidine rings is 1. The predicted octanol–water partition coefficient (Wildman–Crippen LogP) is 5.75. The second-order valence-corrected chi connectivity index (χ2v) is 8.09. The summed E-state index contributed by atoms with van der Waals surface area (Å²) in [4.78, 5) is 13.4. The summed E-state index contributed by atoms with van der Waals surface area (Å²) in [6, 6.07) is 11.6. The van der Waals surface area contributed by atoms with Crippen LogP contribution in [0.25, 0.3) is 0 Å². The number of hydrogen-bond acceptors (Lipinski definition) is 2. The second-order valence-electron chi connectivity index (χ2n) is 8.09. The third-order valence-electron chi connectivity index (χ3n) is 5.58. The van der Waals surface area contributed by atoms with Gasteiger partial charge in [0.25, 0.3) is 0 Å². The molecule has 0 unspecified atom stereocenters. The lowest BCUT2D eigenvalue weighted by atomic mass is 9.84. The van der Waals surface area contributed by atoms with Gasteiger partial charge < -0.3 is 5.11 Å². The summed E-state index contributed by atoms with van der Waals surface area (Å²) < 4.78 is 38.8. The van der Waals surface area contributed by atoms with Crippen molar-refractivity contribution in [1.29, 1.82) is 0 Å². The van der Waals surface area contributed by atoms with Crippen molar-refractivity contribution in [2.24, 2.45) is 5.92 Å². The van der Waals surface area contributed by atoms with E-state index in [4.69, 9.17) is 0 Å². The number of likely N-dealkylation sites (tertiary alicyclic amines) is 1. The number of hydrogen-bond donors (Lipinski definition) is 1. The van der Waals surface area contributed by atoms with Crippen molar-refractivity contribution in [3.8, 4) is 0 Å². The first-order valence-corrected chi connectivity index (χ1v) is 9.82. The first-order valence-electron chi connectivity index (χ1n) is 9.82. The van der Waals surface area contributed by atoms with Gasteiger partial charge in [0, 0.05) is 19.0 Å². The molecule has 0 aliphatic carbocycles. The number of carboxylic acids is 1. The van der Waals surface area contributed by atoms with E-state index in [1.807, 2.05) is 13.8 Å². The van der Waals surface area contributed by atoms with E-state index >= 15 is 0 Å². The molecule has 1 aliphatic heterocycles. The van der Waals surface area contributed by atoms with Crippen molar-refractivity contribution in [2.45, 2.75) is 51.9 Å². The summed E-state index contributed by atoms with van der Waals surface area (Å²) in [5.74, 6) is -0.806. The number of aliphatic carboxylic acids is 1. The Labute approximate surface area is 169 Å². The van der Waals surface area contributed by atoms with Gasteiger partial charge in [0.05, 0.1) is 5.56 Å². The maximum atomic E-state index is 12.9. The SMILES string of the molecule is Cc1cc(C)cc(CN2CC[C@H](CC(=O)O)C[C@@H]2c2ccc(C(F)(F)F)cc2)c1. The van der Waals surface area contributed by atoms with Gasteiger partial charge in [-0.15, -0.1) is 0 Å². The number of carboxylic acid groups (broad SMARTS) is 1. The number of alkyl halides is 3. The van der Waals surface area contributed by atoms with Gasteiger partial charge in [0.2, 0.25) is 0 Å². The number of nitrogens with zero attached hydrogens (tertiary/aromatic N) is 1. The number of rotatable bonds is 5. The largest absolute Gasteiger partial charge is 0.481 e. The fourth-order valence-corrected chi connectivity index (χ4v) is 4.34. The zero-order valence-electron chi connectivity index (χ0n) is 16.7. The molecule has 0 spiro atoms. The van der Waals surface area contributed by atoms with Crippen molar-refractivity contribution in [3.63, 3.8) is 0 Å². The van der Waals surface area contributed by atoms with Crippen LogP contribution in [-0.2, 0) is 17.5 Å². The molecule has 1 N–H and O–H groups in total. The molecule has 6 heteroatoms. The highest BCUT2D eigenvalue weighted by molar-refractivity contribution is 5.67. The Hall–Kier alpha value is -2.34. The zero-order chi connectivity index (χ0) is 21.2. The topological polar surface area (TPSA) is 40.5 Å². The van der Waals surface area contributed by atoms with E-state index in [1.165, 1.54) is 23.3 Å². The summed E-state index contributed by atoms with van der Waals surface area (Å²) in [6.45, 7) is 5.50. The molecule has 156 valence electrons. The predicted molar refractivity (Wildman–Crippen MR) is 105 cm³/mol. The van der Waals surface area contributed by atoms with Crippen LogP contribution in [0.4, 0.5) is 13.2 Å². The van der Waals surface area contributed by atoms with E-state index < -0.39 is 17.7 Å². The minimum absolute atomic E-state index is 0.0234. The molecule has 1 aliphatic rings. The van der Waals surface area contributed by atoms with Crippen LogP contribution >= 0.6 is 0 Å². The Morgan fingerprint density at radius 3 is 2.28 bits per heavy atom. The molecule has 1 heterocycles. The Kier molecular flexibility index (Phi) is 6.32. The molecule has 0 aromatic heterocycles. The number of aryl methyl sites for hydroxylation is 2. The van der Waals surface area contributed by atoms with Gasteiger partial charge in [-0.05, 0) is 62.4 Å². The molecule has 3 nitrogen and oxygen atoms in total. The van der Waals surface area contributed by atoms with E-state index in [1.54, 1.807) is 0 Å². The van der Waals surface area contributed by atoms with Crippen molar-refractivity contribution in [2.75, 3.05) is 6.54 Å². The highest BCUT2D eigenvalue weighted by Gasteiger charge is 2.33. The number of carbonyl (C=O) groups is 1. The standard InChI is InChI=1S/C23H26F3NO2/c1-15-9-16(2)11-18(10-15)14-27-8-7-17(13-22(28)29)12-21(27)19-3-5-20(6-4-19)23(24,25)26/h3-6,9-11,17,21H,7-8,12-14H2,1-2H3,(H,28,29)/t17-,21+/m0/s1. The molecular weight excluding hydrogens is 379 g/mol. The maximum Gasteiger partial charge on any atom is 0.416 e. The highest BCUT2D eigenvalue weighted by Crippen LogP contribution is 2.38. The smallest absolute Gasteiger partial charge is 0.416 e. The molecule has 3 rings (SSSR count). The van der Waals surface area contributed by atoms with Crippen LogP contribution in [0, 0.1) is 19.8 Å². The summed E-state index contributed by atoms with van der Waals surface area (Å²) in [7, 11) is 0. The van der Waals surface area contributed by atoms with Crippen molar-refractivity contribution in [1.82, 2.24) is 4.90 Å². The van der Waals surface area contributed by atoms with Gasteiger partial charge in [-0.1, -0.05) is 41.5 Å². The van der Waals surface area contributed by atoms with Crippen LogP contribution < -0.4 is 0 Å². The van der Waals surface area contributed by atoms with Crippen molar-refractivity contribution in [3.05, 3.63) is 70.3 Å². The molecule has 0 saturated carbocycles. The monoisotopic (exact) mass is 405 g/mol. The number of benzene rings is 2. The Morgan fingerprint density at radius 2 is 1.72 bits per heavy atom. The normalized spacial score (nSPS) is 20.6. The summed E-state index contributed by atoms with van der Waals surface area (Å²) in [5.41, 5.74) is 3.65. The summed E-state index contributed by atoms with van der Waals surface area (Å²) in [6.07, 6.45) is -2.87. The molecule has 1 fully saturated rings. The quantitative estimate of drug-likeness (QED) is 0.689. The average molecular weight is 405 g/mol. The van der Waals surface area contributed by atoms with Crippen molar-refractivity contribution < 1.29 is 23.1 Å². The molecular formula is C23H26F3NO2. The molecule has 0 bridgehead atoms. The lowest BCUT2D eigenvalue weighted by molar-refractivity contribution is -0.139. The van der Waals surface area contributed by atoms with Crippen LogP contribution in [0.1, 0.15) is 53.1 Å². The van der Waals surface area contributed by atoms with Gasteiger partial charge in [0.1, 0.15) is 0 Å². The first kappa shape index (κ1) is 21.4. The van der Waals surface area contributed by atoms with Crippen LogP contribution in [0.3, 0.4) is 0 Å². The van der Waals surface area contributed by atoms with Crippen LogP contribution in [-0.4, -0.2) is 22.5 Å². The average Bonchev–Trinajstić information content (AvgIpc) is 2.61. The van der Waals surface area contributed by atoms with E-state index in [0.717, 1.165) is 36.2 Å². The van der Waals surface area contributed by atoms with E-state index in [2.05, 4.69) is 23.1 Å². The van der Waals surface area contributed by atoms with Gasteiger partial charge >= 0.3 is 12.1 Å². The summed E-state index contributed by atoms with van der Waals surface area (Å²) in [5, 5.41) is 9.17. The third-order valence-corrected chi connectivity index (χ3v) is 5.58. The van der Waals surface area contributed by atoms with Gasteiger partial charge in [-0.25, -0.2) is 0 Å². The maximum absolute atomic E-state index is 12.9. The Balaban J connectivity index is 1.86.